The van der Waals surface area contributed by atoms with E-state index in [9.17, 15) is 4.79 Å². The first-order chi connectivity index (χ1) is 14.8. The molecule has 0 bridgehead atoms. The van der Waals surface area contributed by atoms with Crippen molar-refractivity contribution in [2.45, 2.75) is 6.61 Å². The lowest BCUT2D eigenvalue weighted by atomic mass is 10.2. The summed E-state index contributed by atoms with van der Waals surface area (Å²) >= 11 is 0. The zero-order chi connectivity index (χ0) is 20.6. The number of nitrogens with one attached hydrogen (secondary N) is 2. The van der Waals surface area contributed by atoms with Crippen LogP contribution in [-0.4, -0.2) is 32.5 Å². The monoisotopic (exact) mass is 400 g/mol. The third-order valence-corrected chi connectivity index (χ3v) is 4.18. The Labute approximate surface area is 173 Å². The van der Waals surface area contributed by atoms with E-state index in [0.717, 1.165) is 11.3 Å². The van der Waals surface area contributed by atoms with Crippen molar-refractivity contribution in [1.82, 2.24) is 20.0 Å². The van der Waals surface area contributed by atoms with Crippen LogP contribution in [0.2, 0.25) is 0 Å². The maximum atomic E-state index is 12.0. The number of hydrogen-bond donors (Lipinski definition) is 2. The second kappa shape index (κ2) is 9.44. The van der Waals surface area contributed by atoms with Gasteiger partial charge in [-0.25, -0.2) is 4.68 Å². The molecule has 0 fully saturated rings. The van der Waals surface area contributed by atoms with E-state index in [-0.39, 0.29) is 12.5 Å². The minimum absolute atomic E-state index is 0.00686. The molecule has 0 aliphatic carbocycles. The molecule has 0 radical (unpaired) electrons. The van der Waals surface area contributed by atoms with E-state index in [1.807, 2.05) is 72.8 Å². The maximum absolute atomic E-state index is 12.0. The molecule has 0 saturated heterocycles. The molecule has 4 aromatic rings. The van der Waals surface area contributed by atoms with Gasteiger partial charge in [-0.2, -0.15) is 5.10 Å². The minimum atomic E-state index is -0.202. The standard InChI is InChI=1S/C22H20N6O2/c29-22(16-30-15-17-5-2-1-3-6-17)25-19-9-7-18(8-10-19)24-20-11-12-21(27-26-20)28-14-4-13-23-28/h1-14H,15-16H2,(H,24,26)(H,25,29). The Kier molecular flexibility index (Phi) is 6.07. The van der Waals surface area contributed by atoms with Crippen molar-refractivity contribution in [3.05, 3.63) is 90.8 Å². The average Bonchev–Trinajstić information content (AvgIpc) is 3.31. The number of anilines is 3. The van der Waals surface area contributed by atoms with Crippen molar-refractivity contribution in [2.75, 3.05) is 17.2 Å². The molecule has 2 aromatic carbocycles. The van der Waals surface area contributed by atoms with Crippen LogP contribution >= 0.6 is 0 Å². The molecule has 150 valence electrons. The molecule has 4 rings (SSSR count). The van der Waals surface area contributed by atoms with E-state index in [0.29, 0.717) is 23.9 Å². The van der Waals surface area contributed by atoms with Crippen molar-refractivity contribution in [2.24, 2.45) is 0 Å². The molecule has 0 unspecified atom stereocenters. The Hall–Kier alpha value is -4.04. The molecule has 2 N–H and O–H groups in total. The van der Waals surface area contributed by atoms with Gasteiger partial charge in [0.15, 0.2) is 11.6 Å². The Morgan fingerprint density at radius 1 is 0.900 bits per heavy atom. The van der Waals surface area contributed by atoms with Gasteiger partial charge < -0.3 is 15.4 Å². The first-order valence-corrected chi connectivity index (χ1v) is 9.39. The fourth-order valence-corrected chi connectivity index (χ4v) is 2.74. The molecule has 0 spiro atoms. The summed E-state index contributed by atoms with van der Waals surface area (Å²) in [6.07, 6.45) is 3.49. The Balaban J connectivity index is 1.26. The zero-order valence-corrected chi connectivity index (χ0v) is 16.1. The van der Waals surface area contributed by atoms with E-state index in [4.69, 9.17) is 4.74 Å². The van der Waals surface area contributed by atoms with Gasteiger partial charge in [0.25, 0.3) is 0 Å². The van der Waals surface area contributed by atoms with Gasteiger partial charge in [0.1, 0.15) is 6.61 Å². The van der Waals surface area contributed by atoms with Gasteiger partial charge in [-0.1, -0.05) is 30.3 Å². The first-order valence-electron chi connectivity index (χ1n) is 9.39. The molecule has 0 aliphatic heterocycles. The average molecular weight is 400 g/mol. The smallest absolute Gasteiger partial charge is 0.250 e. The lowest BCUT2D eigenvalue weighted by Crippen LogP contribution is -2.18. The van der Waals surface area contributed by atoms with Crippen LogP contribution in [-0.2, 0) is 16.1 Å². The van der Waals surface area contributed by atoms with Crippen LogP contribution in [0, 0.1) is 0 Å². The molecule has 0 saturated carbocycles. The van der Waals surface area contributed by atoms with Gasteiger partial charge in [-0.05, 0) is 48.0 Å². The molecule has 0 aliphatic rings. The number of carbonyl (C=O) groups excluding carboxylic acids is 1. The fourth-order valence-electron chi connectivity index (χ4n) is 2.74. The topological polar surface area (TPSA) is 94.0 Å². The number of rotatable bonds is 8. The van der Waals surface area contributed by atoms with Gasteiger partial charge >= 0.3 is 0 Å². The number of nitrogens with zero attached hydrogens (tertiary/aromatic N) is 4. The fraction of sp³-hybridized carbons (Fsp3) is 0.0909. The van der Waals surface area contributed by atoms with Crippen LogP contribution in [0.15, 0.2) is 85.2 Å². The molecular weight excluding hydrogens is 380 g/mol. The minimum Gasteiger partial charge on any atom is -0.367 e. The second-order valence-electron chi connectivity index (χ2n) is 6.46. The Morgan fingerprint density at radius 2 is 1.70 bits per heavy atom. The summed E-state index contributed by atoms with van der Waals surface area (Å²) in [6, 6.07) is 22.5. The zero-order valence-electron chi connectivity index (χ0n) is 16.1. The quantitative estimate of drug-likeness (QED) is 0.470. The summed E-state index contributed by atoms with van der Waals surface area (Å²) in [5.41, 5.74) is 2.55. The normalized spacial score (nSPS) is 10.5. The van der Waals surface area contributed by atoms with Crippen LogP contribution < -0.4 is 10.6 Å². The highest BCUT2D eigenvalue weighted by Gasteiger charge is 2.04. The number of ether oxygens (including phenoxy) is 1. The largest absolute Gasteiger partial charge is 0.367 e. The van der Waals surface area contributed by atoms with Crippen LogP contribution in [0.3, 0.4) is 0 Å². The number of benzene rings is 2. The Bertz CT molecular complexity index is 1070. The highest BCUT2D eigenvalue weighted by Crippen LogP contribution is 2.17. The number of carbonyl (C=O) groups is 1. The van der Waals surface area contributed by atoms with Gasteiger partial charge in [-0.3, -0.25) is 4.79 Å². The van der Waals surface area contributed by atoms with Gasteiger partial charge in [-0.15, -0.1) is 10.2 Å². The lowest BCUT2D eigenvalue weighted by molar-refractivity contribution is -0.121. The molecular formula is C22H20N6O2. The number of aromatic nitrogens is 4. The SMILES string of the molecule is O=C(COCc1ccccc1)Nc1ccc(Nc2ccc(-n3cccn3)nn2)cc1. The van der Waals surface area contributed by atoms with Crippen molar-refractivity contribution >= 4 is 23.1 Å². The van der Waals surface area contributed by atoms with E-state index in [1.54, 1.807) is 17.1 Å². The lowest BCUT2D eigenvalue weighted by Gasteiger charge is -2.09. The molecule has 2 aromatic heterocycles. The maximum Gasteiger partial charge on any atom is 0.250 e. The van der Waals surface area contributed by atoms with Gasteiger partial charge in [0.2, 0.25) is 5.91 Å². The van der Waals surface area contributed by atoms with Gasteiger partial charge in [0.05, 0.1) is 6.61 Å². The van der Waals surface area contributed by atoms with E-state index >= 15 is 0 Å². The third-order valence-electron chi connectivity index (χ3n) is 4.18. The van der Waals surface area contributed by atoms with E-state index < -0.39 is 0 Å². The molecule has 8 heteroatoms. The van der Waals surface area contributed by atoms with Gasteiger partial charge in [0, 0.05) is 23.8 Å². The summed E-state index contributed by atoms with van der Waals surface area (Å²) < 4.78 is 7.08. The molecule has 30 heavy (non-hydrogen) atoms. The summed E-state index contributed by atoms with van der Waals surface area (Å²) in [5.74, 6) is 1.04. The predicted octanol–water partition coefficient (Wildman–Crippen LogP) is 3.56. The van der Waals surface area contributed by atoms with Crippen LogP contribution in [0.4, 0.5) is 17.2 Å². The molecule has 8 nitrogen and oxygen atoms in total. The van der Waals surface area contributed by atoms with Crippen molar-refractivity contribution in [1.29, 1.82) is 0 Å². The summed E-state index contributed by atoms with van der Waals surface area (Å²) in [7, 11) is 0. The molecule has 1 amide bonds. The highest BCUT2D eigenvalue weighted by atomic mass is 16.5. The van der Waals surface area contributed by atoms with Crippen molar-refractivity contribution in [3.63, 3.8) is 0 Å². The van der Waals surface area contributed by atoms with E-state index in [1.165, 1.54) is 0 Å². The van der Waals surface area contributed by atoms with E-state index in [2.05, 4.69) is 25.9 Å². The van der Waals surface area contributed by atoms with Crippen molar-refractivity contribution < 1.29 is 9.53 Å². The summed E-state index contributed by atoms with van der Waals surface area (Å²) in [4.78, 5) is 12.0. The Morgan fingerprint density at radius 3 is 2.40 bits per heavy atom. The molecule has 0 atom stereocenters. The predicted molar refractivity (Wildman–Crippen MR) is 114 cm³/mol. The summed E-state index contributed by atoms with van der Waals surface area (Å²) in [6.45, 7) is 0.393. The summed E-state index contributed by atoms with van der Waals surface area (Å²) in [5, 5.41) is 18.4. The number of hydrogen-bond acceptors (Lipinski definition) is 6. The second-order valence-corrected chi connectivity index (χ2v) is 6.46. The third kappa shape index (κ3) is 5.27. The highest BCUT2D eigenvalue weighted by molar-refractivity contribution is 5.91. The van der Waals surface area contributed by atoms with Crippen LogP contribution in [0.1, 0.15) is 5.56 Å². The van der Waals surface area contributed by atoms with Crippen LogP contribution in [0.5, 0.6) is 0 Å². The van der Waals surface area contributed by atoms with Crippen LogP contribution in [0.25, 0.3) is 5.82 Å². The molecule has 2 heterocycles. The van der Waals surface area contributed by atoms with Crippen molar-refractivity contribution in [3.8, 4) is 5.82 Å². The first kappa shape index (κ1) is 19.3. The number of amides is 1.